The van der Waals surface area contributed by atoms with Crippen molar-refractivity contribution in [2.24, 2.45) is 5.92 Å². The molecule has 1 aliphatic carbocycles. The van der Waals surface area contributed by atoms with Crippen LogP contribution in [0.4, 0.5) is 0 Å². The fraction of sp³-hybridized carbons (Fsp3) is 0.375. The zero-order valence-corrected chi connectivity index (χ0v) is 11.4. The second kappa shape index (κ2) is 7.48. The minimum absolute atomic E-state index is 0.0233. The van der Waals surface area contributed by atoms with Crippen LogP contribution in [-0.4, -0.2) is 25.0 Å². The van der Waals surface area contributed by atoms with Gasteiger partial charge in [-0.3, -0.25) is 9.59 Å². The number of allylic oxidation sites excluding steroid dienone is 2. The van der Waals surface area contributed by atoms with Crippen molar-refractivity contribution >= 4 is 11.9 Å². The van der Waals surface area contributed by atoms with Crippen LogP contribution in [0.25, 0.3) is 0 Å². The quantitative estimate of drug-likeness (QED) is 0.509. The number of carbonyl (C=O) groups excluding carboxylic acids is 2. The van der Waals surface area contributed by atoms with Crippen molar-refractivity contribution in [3.05, 3.63) is 48.0 Å². The molecule has 1 aromatic rings. The lowest BCUT2D eigenvalue weighted by molar-refractivity contribution is -0.148. The van der Waals surface area contributed by atoms with E-state index in [0.717, 1.165) is 19.3 Å². The van der Waals surface area contributed by atoms with Crippen LogP contribution in [0.1, 0.15) is 29.6 Å². The highest BCUT2D eigenvalue weighted by Gasteiger charge is 2.19. The van der Waals surface area contributed by atoms with Crippen molar-refractivity contribution in [2.75, 3.05) is 13.2 Å². The minimum atomic E-state index is -0.164. The van der Waals surface area contributed by atoms with Crippen molar-refractivity contribution in [1.82, 2.24) is 5.32 Å². The Hall–Kier alpha value is -2.10. The number of hydrogen-bond donors (Lipinski definition) is 1. The summed E-state index contributed by atoms with van der Waals surface area (Å²) >= 11 is 0. The Morgan fingerprint density at radius 1 is 1.20 bits per heavy atom. The Kier molecular flexibility index (Phi) is 5.35. The third kappa shape index (κ3) is 4.23. The molecule has 0 radical (unpaired) electrons. The normalized spacial score (nSPS) is 17.5. The second-order valence-electron chi connectivity index (χ2n) is 4.77. The standard InChI is InChI=1S/C16H19NO3/c18-15(13-7-3-1-4-8-13)17-11-12-20-16(19)14-9-5-2-6-10-14/h1-5,7-8,14H,6,9-12H2,(H,17,18)/t14-/m0/s1. The van der Waals surface area contributed by atoms with Gasteiger partial charge >= 0.3 is 5.97 Å². The van der Waals surface area contributed by atoms with Crippen LogP contribution in [0, 0.1) is 5.92 Å². The zero-order chi connectivity index (χ0) is 14.2. The number of benzene rings is 1. The molecule has 1 atom stereocenters. The molecule has 4 nitrogen and oxygen atoms in total. The predicted octanol–water partition coefficient (Wildman–Crippen LogP) is 2.32. The molecule has 0 saturated carbocycles. The van der Waals surface area contributed by atoms with E-state index < -0.39 is 0 Å². The molecule has 0 saturated heterocycles. The third-order valence-electron chi connectivity index (χ3n) is 3.27. The van der Waals surface area contributed by atoms with E-state index in [9.17, 15) is 9.59 Å². The summed E-state index contributed by atoms with van der Waals surface area (Å²) < 4.78 is 5.18. The van der Waals surface area contributed by atoms with Gasteiger partial charge in [-0.25, -0.2) is 0 Å². The van der Waals surface area contributed by atoms with E-state index in [1.807, 2.05) is 24.3 Å². The molecule has 0 fully saturated rings. The first-order valence-corrected chi connectivity index (χ1v) is 6.92. The molecular formula is C16H19NO3. The van der Waals surface area contributed by atoms with Crippen LogP contribution in [0.3, 0.4) is 0 Å². The molecule has 0 spiro atoms. The Morgan fingerprint density at radius 3 is 2.70 bits per heavy atom. The molecule has 1 N–H and O–H groups in total. The van der Waals surface area contributed by atoms with Crippen LogP contribution in [0.15, 0.2) is 42.5 Å². The van der Waals surface area contributed by atoms with Crippen molar-refractivity contribution < 1.29 is 14.3 Å². The van der Waals surface area contributed by atoms with E-state index in [-0.39, 0.29) is 24.4 Å². The van der Waals surface area contributed by atoms with Gasteiger partial charge in [0, 0.05) is 5.56 Å². The summed E-state index contributed by atoms with van der Waals surface area (Å²) in [6, 6.07) is 8.97. The molecule has 1 aliphatic rings. The van der Waals surface area contributed by atoms with E-state index in [2.05, 4.69) is 11.4 Å². The summed E-state index contributed by atoms with van der Waals surface area (Å²) in [5, 5.41) is 2.73. The predicted molar refractivity (Wildman–Crippen MR) is 76.2 cm³/mol. The summed E-state index contributed by atoms with van der Waals surface area (Å²) in [5.41, 5.74) is 0.608. The van der Waals surface area contributed by atoms with Crippen LogP contribution < -0.4 is 5.32 Å². The highest BCUT2D eigenvalue weighted by Crippen LogP contribution is 2.19. The average molecular weight is 273 g/mol. The fourth-order valence-corrected chi connectivity index (χ4v) is 2.13. The first-order valence-electron chi connectivity index (χ1n) is 6.92. The molecule has 0 unspecified atom stereocenters. The molecule has 106 valence electrons. The number of amides is 1. The molecule has 0 aromatic heterocycles. The van der Waals surface area contributed by atoms with E-state index in [4.69, 9.17) is 4.74 Å². The van der Waals surface area contributed by atoms with Gasteiger partial charge in [0.05, 0.1) is 12.5 Å². The van der Waals surface area contributed by atoms with Crippen LogP contribution in [-0.2, 0) is 9.53 Å². The largest absolute Gasteiger partial charge is 0.464 e. The highest BCUT2D eigenvalue weighted by molar-refractivity contribution is 5.94. The Balaban J connectivity index is 1.65. The van der Waals surface area contributed by atoms with Gasteiger partial charge in [-0.2, -0.15) is 0 Å². The van der Waals surface area contributed by atoms with E-state index in [0.29, 0.717) is 12.1 Å². The molecule has 0 bridgehead atoms. The maximum Gasteiger partial charge on any atom is 0.309 e. The molecule has 20 heavy (non-hydrogen) atoms. The number of carbonyl (C=O) groups is 2. The smallest absolute Gasteiger partial charge is 0.309 e. The van der Waals surface area contributed by atoms with Crippen molar-refractivity contribution in [1.29, 1.82) is 0 Å². The van der Waals surface area contributed by atoms with Crippen LogP contribution >= 0.6 is 0 Å². The lowest BCUT2D eigenvalue weighted by Crippen LogP contribution is -2.29. The van der Waals surface area contributed by atoms with Crippen molar-refractivity contribution in [3.63, 3.8) is 0 Å². The molecule has 1 aromatic carbocycles. The summed E-state index contributed by atoms with van der Waals surface area (Å²) in [7, 11) is 0. The van der Waals surface area contributed by atoms with Gasteiger partial charge in [0.15, 0.2) is 0 Å². The minimum Gasteiger partial charge on any atom is -0.464 e. The lowest BCUT2D eigenvalue weighted by atomic mass is 9.95. The first-order chi connectivity index (χ1) is 9.77. The lowest BCUT2D eigenvalue weighted by Gasteiger charge is -2.16. The van der Waals surface area contributed by atoms with Crippen LogP contribution in [0.5, 0.6) is 0 Å². The first kappa shape index (κ1) is 14.3. The Bertz CT molecular complexity index is 482. The van der Waals surface area contributed by atoms with E-state index in [1.54, 1.807) is 12.1 Å². The highest BCUT2D eigenvalue weighted by atomic mass is 16.5. The SMILES string of the molecule is O=C(NCCOC(=O)[C@H]1CC=CCC1)c1ccccc1. The number of hydrogen-bond acceptors (Lipinski definition) is 3. The second-order valence-corrected chi connectivity index (χ2v) is 4.77. The Morgan fingerprint density at radius 2 is 2.00 bits per heavy atom. The van der Waals surface area contributed by atoms with Crippen molar-refractivity contribution in [2.45, 2.75) is 19.3 Å². The maximum absolute atomic E-state index is 11.7. The number of ether oxygens (including phenoxy) is 1. The summed E-state index contributed by atoms with van der Waals surface area (Å²) in [6.07, 6.45) is 6.65. The Labute approximate surface area is 118 Å². The van der Waals surface area contributed by atoms with E-state index in [1.165, 1.54) is 0 Å². The van der Waals surface area contributed by atoms with Gasteiger partial charge in [-0.1, -0.05) is 30.4 Å². The summed E-state index contributed by atoms with van der Waals surface area (Å²) in [6.45, 7) is 0.555. The van der Waals surface area contributed by atoms with E-state index >= 15 is 0 Å². The van der Waals surface area contributed by atoms with Gasteiger partial charge in [0.25, 0.3) is 5.91 Å². The van der Waals surface area contributed by atoms with Crippen LogP contribution in [0.2, 0.25) is 0 Å². The molecular weight excluding hydrogens is 254 g/mol. The number of rotatable bonds is 5. The molecule has 1 amide bonds. The van der Waals surface area contributed by atoms with Gasteiger partial charge in [-0.15, -0.1) is 0 Å². The summed E-state index contributed by atoms with van der Waals surface area (Å²) in [5.74, 6) is -0.338. The maximum atomic E-state index is 11.7. The number of nitrogens with one attached hydrogen (secondary N) is 1. The molecule has 2 rings (SSSR count). The average Bonchev–Trinajstić information content (AvgIpc) is 2.53. The van der Waals surface area contributed by atoms with Crippen molar-refractivity contribution in [3.8, 4) is 0 Å². The van der Waals surface area contributed by atoms with Gasteiger partial charge in [0.1, 0.15) is 6.61 Å². The third-order valence-corrected chi connectivity index (χ3v) is 3.27. The fourth-order valence-electron chi connectivity index (χ4n) is 2.13. The molecule has 0 aliphatic heterocycles. The topological polar surface area (TPSA) is 55.4 Å². The van der Waals surface area contributed by atoms with Gasteiger partial charge in [0.2, 0.25) is 0 Å². The monoisotopic (exact) mass is 273 g/mol. The zero-order valence-electron chi connectivity index (χ0n) is 11.4. The number of esters is 1. The molecule has 4 heteroatoms. The van der Waals surface area contributed by atoms with Gasteiger partial charge in [-0.05, 0) is 31.4 Å². The molecule has 0 heterocycles. The van der Waals surface area contributed by atoms with Gasteiger partial charge < -0.3 is 10.1 Å². The summed E-state index contributed by atoms with van der Waals surface area (Å²) in [4.78, 5) is 23.5.